The van der Waals surface area contributed by atoms with Gasteiger partial charge in [-0.3, -0.25) is 0 Å². The summed E-state index contributed by atoms with van der Waals surface area (Å²) in [7, 11) is 0. The summed E-state index contributed by atoms with van der Waals surface area (Å²) >= 11 is 0. The minimum atomic E-state index is 0.183. The van der Waals surface area contributed by atoms with Crippen LogP contribution in [0.3, 0.4) is 0 Å². The van der Waals surface area contributed by atoms with Crippen LogP contribution in [0.4, 0.5) is 0 Å². The Balaban J connectivity index is 1.97. The molecular weight excluding hydrogens is 172 g/mol. The highest BCUT2D eigenvalue weighted by Crippen LogP contribution is 2.53. The van der Waals surface area contributed by atoms with E-state index in [1.807, 2.05) is 0 Å². The van der Waals surface area contributed by atoms with Gasteiger partial charge in [0, 0.05) is 18.1 Å². The minimum absolute atomic E-state index is 0.183. The Kier molecular flexibility index (Phi) is 2.61. The van der Waals surface area contributed by atoms with Crippen LogP contribution in [-0.4, -0.2) is 18.1 Å². The van der Waals surface area contributed by atoms with E-state index in [9.17, 15) is 0 Å². The summed E-state index contributed by atoms with van der Waals surface area (Å²) in [5.74, 6) is 0. The highest BCUT2D eigenvalue weighted by molar-refractivity contribution is 5.09. The molecule has 0 radical (unpaired) electrons. The van der Waals surface area contributed by atoms with Crippen molar-refractivity contribution in [2.75, 3.05) is 6.54 Å². The van der Waals surface area contributed by atoms with Crippen LogP contribution in [0.5, 0.6) is 0 Å². The molecule has 2 saturated carbocycles. The lowest BCUT2D eigenvalue weighted by Crippen LogP contribution is -2.57. The van der Waals surface area contributed by atoms with E-state index in [-0.39, 0.29) is 5.54 Å². The van der Waals surface area contributed by atoms with Gasteiger partial charge in [-0.15, -0.1) is 0 Å². The third-order valence-corrected chi connectivity index (χ3v) is 4.62. The Morgan fingerprint density at radius 3 is 2.36 bits per heavy atom. The van der Waals surface area contributed by atoms with Crippen molar-refractivity contribution in [1.82, 2.24) is 5.32 Å². The molecule has 3 N–H and O–H groups in total. The highest BCUT2D eigenvalue weighted by atomic mass is 15.1. The van der Waals surface area contributed by atoms with Crippen molar-refractivity contribution in [3.63, 3.8) is 0 Å². The van der Waals surface area contributed by atoms with Gasteiger partial charge in [0.05, 0.1) is 0 Å². The second-order valence-electron chi connectivity index (χ2n) is 5.72. The van der Waals surface area contributed by atoms with Crippen molar-refractivity contribution in [3.05, 3.63) is 0 Å². The van der Waals surface area contributed by atoms with Crippen LogP contribution in [0.15, 0.2) is 0 Å². The molecule has 2 rings (SSSR count). The molecule has 0 bridgehead atoms. The number of rotatable bonds is 4. The van der Waals surface area contributed by atoms with Crippen molar-refractivity contribution in [3.8, 4) is 0 Å². The Hall–Kier alpha value is -0.0800. The Morgan fingerprint density at radius 2 is 1.93 bits per heavy atom. The first kappa shape index (κ1) is 10.4. The summed E-state index contributed by atoms with van der Waals surface area (Å²) < 4.78 is 0. The van der Waals surface area contributed by atoms with Crippen molar-refractivity contribution < 1.29 is 0 Å². The van der Waals surface area contributed by atoms with Gasteiger partial charge in [0.25, 0.3) is 0 Å². The molecule has 2 heteroatoms. The van der Waals surface area contributed by atoms with Gasteiger partial charge in [0.1, 0.15) is 0 Å². The van der Waals surface area contributed by atoms with Crippen LogP contribution in [0.25, 0.3) is 0 Å². The monoisotopic (exact) mass is 196 g/mol. The van der Waals surface area contributed by atoms with Crippen LogP contribution in [0.1, 0.15) is 52.4 Å². The summed E-state index contributed by atoms with van der Waals surface area (Å²) in [6, 6.07) is 0.737. The van der Waals surface area contributed by atoms with E-state index in [0.29, 0.717) is 5.41 Å². The summed E-state index contributed by atoms with van der Waals surface area (Å²) in [4.78, 5) is 0. The first-order valence-electron chi connectivity index (χ1n) is 6.07. The Morgan fingerprint density at radius 1 is 1.36 bits per heavy atom. The molecular formula is C12H24N2. The topological polar surface area (TPSA) is 38.0 Å². The quantitative estimate of drug-likeness (QED) is 0.722. The molecule has 1 unspecified atom stereocenters. The lowest BCUT2D eigenvalue weighted by Gasteiger charge is -2.39. The number of hydrogen-bond acceptors (Lipinski definition) is 2. The molecule has 0 aromatic heterocycles. The Bertz CT molecular complexity index is 204. The first-order valence-corrected chi connectivity index (χ1v) is 6.07. The van der Waals surface area contributed by atoms with Crippen molar-refractivity contribution >= 4 is 0 Å². The van der Waals surface area contributed by atoms with Crippen molar-refractivity contribution in [1.29, 1.82) is 0 Å². The zero-order chi connectivity index (χ0) is 10.2. The van der Waals surface area contributed by atoms with Crippen LogP contribution in [-0.2, 0) is 0 Å². The second-order valence-corrected chi connectivity index (χ2v) is 5.72. The van der Waals surface area contributed by atoms with Gasteiger partial charge >= 0.3 is 0 Å². The third-order valence-electron chi connectivity index (χ3n) is 4.62. The molecule has 2 nitrogen and oxygen atoms in total. The van der Waals surface area contributed by atoms with Crippen LogP contribution in [0.2, 0.25) is 0 Å². The molecule has 82 valence electrons. The number of nitrogens with one attached hydrogen (secondary N) is 1. The minimum Gasteiger partial charge on any atom is -0.329 e. The predicted octanol–water partition coefficient (Wildman–Crippen LogP) is 2.04. The average Bonchev–Trinajstić information content (AvgIpc) is 2.74. The van der Waals surface area contributed by atoms with Gasteiger partial charge in [-0.05, 0) is 38.0 Å². The molecule has 2 fully saturated rings. The molecule has 1 atom stereocenters. The highest BCUT2D eigenvalue weighted by Gasteiger charge is 2.52. The molecule has 0 aromatic carbocycles. The summed E-state index contributed by atoms with van der Waals surface area (Å²) in [6.45, 7) is 5.47. The van der Waals surface area contributed by atoms with Gasteiger partial charge < -0.3 is 11.1 Å². The maximum Gasteiger partial charge on any atom is 0.0331 e. The zero-order valence-corrected chi connectivity index (χ0v) is 9.60. The van der Waals surface area contributed by atoms with E-state index in [0.717, 1.165) is 12.6 Å². The molecule has 0 amide bonds. The lowest BCUT2D eigenvalue weighted by atomic mass is 9.83. The largest absolute Gasteiger partial charge is 0.329 e. The molecule has 0 aliphatic heterocycles. The first-order chi connectivity index (χ1) is 6.60. The normalized spacial score (nSPS) is 30.2. The average molecular weight is 196 g/mol. The van der Waals surface area contributed by atoms with E-state index in [2.05, 4.69) is 19.2 Å². The maximum atomic E-state index is 5.95. The third kappa shape index (κ3) is 1.70. The van der Waals surface area contributed by atoms with Crippen molar-refractivity contribution in [2.45, 2.75) is 64.0 Å². The Labute approximate surface area is 87.6 Å². The summed E-state index contributed by atoms with van der Waals surface area (Å²) in [5.41, 5.74) is 6.61. The van der Waals surface area contributed by atoms with E-state index in [1.54, 1.807) is 0 Å². The molecule has 2 aliphatic rings. The zero-order valence-electron chi connectivity index (χ0n) is 9.60. The fraction of sp³-hybridized carbons (Fsp3) is 1.00. The van der Waals surface area contributed by atoms with Crippen molar-refractivity contribution in [2.24, 2.45) is 11.1 Å². The predicted molar refractivity (Wildman–Crippen MR) is 60.2 cm³/mol. The molecule has 0 heterocycles. The van der Waals surface area contributed by atoms with E-state index in [1.165, 1.54) is 38.5 Å². The van der Waals surface area contributed by atoms with Gasteiger partial charge in [0.15, 0.2) is 0 Å². The summed E-state index contributed by atoms with van der Waals surface area (Å²) in [6.07, 6.45) is 8.20. The van der Waals surface area contributed by atoms with Crippen LogP contribution >= 0.6 is 0 Å². The SMILES string of the molecule is CC1(C(C)(CN)NC2CCCC2)CC1. The van der Waals surface area contributed by atoms with E-state index < -0.39 is 0 Å². The van der Waals surface area contributed by atoms with Gasteiger partial charge in [-0.1, -0.05) is 19.8 Å². The molecule has 0 spiro atoms. The number of hydrogen-bond donors (Lipinski definition) is 2. The van der Waals surface area contributed by atoms with E-state index >= 15 is 0 Å². The standard InChI is InChI=1S/C12H24N2/c1-11(7-8-11)12(2,9-13)14-10-5-3-4-6-10/h10,14H,3-9,13H2,1-2H3. The number of nitrogens with two attached hydrogens (primary N) is 1. The van der Waals surface area contributed by atoms with Gasteiger partial charge in [-0.2, -0.15) is 0 Å². The second kappa shape index (κ2) is 3.49. The molecule has 0 aromatic rings. The van der Waals surface area contributed by atoms with Crippen LogP contribution in [0, 0.1) is 5.41 Å². The van der Waals surface area contributed by atoms with Crippen LogP contribution < -0.4 is 11.1 Å². The van der Waals surface area contributed by atoms with Gasteiger partial charge in [-0.25, -0.2) is 0 Å². The molecule has 2 aliphatic carbocycles. The van der Waals surface area contributed by atoms with E-state index in [4.69, 9.17) is 5.73 Å². The molecule has 0 saturated heterocycles. The summed E-state index contributed by atoms with van der Waals surface area (Å²) in [5, 5.41) is 3.82. The fourth-order valence-corrected chi connectivity index (χ4v) is 2.74. The maximum absolute atomic E-state index is 5.95. The fourth-order valence-electron chi connectivity index (χ4n) is 2.74. The van der Waals surface area contributed by atoms with Gasteiger partial charge in [0.2, 0.25) is 0 Å². The lowest BCUT2D eigenvalue weighted by molar-refractivity contribution is 0.206. The molecule has 14 heavy (non-hydrogen) atoms. The smallest absolute Gasteiger partial charge is 0.0331 e.